The van der Waals surface area contributed by atoms with E-state index in [2.05, 4.69) is 4.98 Å². The number of hydrogen-bond donors (Lipinski definition) is 0. The number of hydrogen-bond acceptors (Lipinski definition) is 7. The lowest BCUT2D eigenvalue weighted by Crippen LogP contribution is -2.22. The number of esters is 2. The summed E-state index contributed by atoms with van der Waals surface area (Å²) in [5.41, 5.74) is 0.490. The maximum atomic E-state index is 12.1. The van der Waals surface area contributed by atoms with Crippen molar-refractivity contribution >= 4 is 40.0 Å². The van der Waals surface area contributed by atoms with Crippen molar-refractivity contribution in [3.8, 4) is 11.6 Å². The van der Waals surface area contributed by atoms with Gasteiger partial charge >= 0.3 is 11.9 Å². The Balaban J connectivity index is 2.42. The van der Waals surface area contributed by atoms with Crippen molar-refractivity contribution in [2.75, 3.05) is 4.90 Å². The molecule has 0 atom stereocenters. The normalized spacial score (nSPS) is 10.2. The van der Waals surface area contributed by atoms with Crippen LogP contribution in [0.5, 0.6) is 11.6 Å². The molecule has 0 aliphatic heterocycles. The quantitative estimate of drug-likeness (QED) is 0.624. The van der Waals surface area contributed by atoms with E-state index in [4.69, 9.17) is 9.47 Å². The van der Waals surface area contributed by atoms with E-state index < -0.39 is 11.9 Å². The molecule has 2 rings (SSSR count). The van der Waals surface area contributed by atoms with Gasteiger partial charge in [-0.05, 0) is 19.1 Å². The van der Waals surface area contributed by atoms with Crippen LogP contribution in [0.1, 0.15) is 25.6 Å². The number of rotatable bonds is 4. The van der Waals surface area contributed by atoms with Crippen LogP contribution in [0.4, 0.5) is 10.8 Å². The molecule has 1 aromatic carbocycles. The van der Waals surface area contributed by atoms with E-state index in [1.54, 1.807) is 31.2 Å². The molecule has 8 heteroatoms. The topological polar surface area (TPSA) is 85.8 Å². The number of carbonyl (C=O) groups excluding carboxylic acids is 3. The Hall–Kier alpha value is -2.74. The average molecular weight is 348 g/mol. The SMILES string of the molecule is CC(=O)Oc1cccc(N(C(C)=O)c2nc(OC(C)=O)c(C)s2)c1. The third-order valence-corrected chi connectivity index (χ3v) is 3.76. The van der Waals surface area contributed by atoms with Gasteiger partial charge in [-0.15, -0.1) is 0 Å². The lowest BCUT2D eigenvalue weighted by Gasteiger charge is -2.18. The largest absolute Gasteiger partial charge is 0.427 e. The Bertz CT molecular complexity index is 800. The van der Waals surface area contributed by atoms with Crippen molar-refractivity contribution in [2.24, 2.45) is 0 Å². The maximum Gasteiger partial charge on any atom is 0.309 e. The van der Waals surface area contributed by atoms with Crippen molar-refractivity contribution in [2.45, 2.75) is 27.7 Å². The molecule has 1 aromatic heterocycles. The van der Waals surface area contributed by atoms with E-state index in [0.29, 0.717) is 21.4 Å². The van der Waals surface area contributed by atoms with Gasteiger partial charge in [-0.1, -0.05) is 17.4 Å². The van der Waals surface area contributed by atoms with Crippen LogP contribution in [-0.2, 0) is 14.4 Å². The molecule has 1 amide bonds. The summed E-state index contributed by atoms with van der Waals surface area (Å²) in [4.78, 5) is 40.5. The van der Waals surface area contributed by atoms with Gasteiger partial charge in [0.1, 0.15) is 5.75 Å². The van der Waals surface area contributed by atoms with Crippen LogP contribution in [0.3, 0.4) is 0 Å². The van der Waals surface area contributed by atoms with Crippen LogP contribution in [-0.4, -0.2) is 22.8 Å². The minimum atomic E-state index is -0.485. The van der Waals surface area contributed by atoms with E-state index >= 15 is 0 Å². The molecule has 24 heavy (non-hydrogen) atoms. The summed E-state index contributed by atoms with van der Waals surface area (Å²) in [5.74, 6) is -0.729. The van der Waals surface area contributed by atoms with Gasteiger partial charge < -0.3 is 9.47 Å². The molecule has 0 saturated heterocycles. The summed E-state index contributed by atoms with van der Waals surface area (Å²) >= 11 is 1.22. The van der Waals surface area contributed by atoms with Crippen LogP contribution >= 0.6 is 11.3 Å². The molecule has 0 bridgehead atoms. The first-order chi connectivity index (χ1) is 11.3. The van der Waals surface area contributed by atoms with E-state index in [9.17, 15) is 14.4 Å². The van der Waals surface area contributed by atoms with Gasteiger partial charge in [0.25, 0.3) is 0 Å². The van der Waals surface area contributed by atoms with Crippen LogP contribution in [0, 0.1) is 6.92 Å². The Morgan fingerprint density at radius 2 is 1.75 bits per heavy atom. The van der Waals surface area contributed by atoms with Crippen molar-refractivity contribution in [1.29, 1.82) is 0 Å². The second-order valence-electron chi connectivity index (χ2n) is 4.90. The predicted molar refractivity (Wildman–Crippen MR) is 88.7 cm³/mol. The van der Waals surface area contributed by atoms with Gasteiger partial charge in [0.05, 0.1) is 10.6 Å². The van der Waals surface area contributed by atoms with Crippen LogP contribution in [0.25, 0.3) is 0 Å². The van der Waals surface area contributed by atoms with E-state index in [0.717, 1.165) is 0 Å². The molecule has 0 N–H and O–H groups in total. The first-order valence-electron chi connectivity index (χ1n) is 7.03. The molecule has 0 aliphatic rings. The predicted octanol–water partition coefficient (Wildman–Crippen LogP) is 2.99. The molecule has 0 saturated carbocycles. The molecule has 0 unspecified atom stereocenters. The number of carbonyl (C=O) groups is 3. The lowest BCUT2D eigenvalue weighted by molar-refractivity contribution is -0.133. The summed E-state index contributed by atoms with van der Waals surface area (Å²) in [6, 6.07) is 6.53. The summed E-state index contributed by atoms with van der Waals surface area (Å²) < 4.78 is 10.1. The van der Waals surface area contributed by atoms with Crippen molar-refractivity contribution in [1.82, 2.24) is 4.98 Å². The number of thiazole rings is 1. The Morgan fingerprint density at radius 3 is 2.33 bits per heavy atom. The Morgan fingerprint density at radius 1 is 1.08 bits per heavy atom. The van der Waals surface area contributed by atoms with Crippen LogP contribution in [0.2, 0.25) is 0 Å². The standard InChI is InChI=1S/C16H16N2O5S/c1-9-15(23-12(4)21)17-16(24-9)18(10(2)19)13-6-5-7-14(8-13)22-11(3)20/h5-8H,1-4H3. The molecular weight excluding hydrogens is 332 g/mol. The molecule has 0 spiro atoms. The van der Waals surface area contributed by atoms with E-state index in [1.807, 2.05) is 0 Å². The Kier molecular flexibility index (Phi) is 5.30. The van der Waals surface area contributed by atoms with Gasteiger partial charge in [-0.2, -0.15) is 4.98 Å². The van der Waals surface area contributed by atoms with E-state index in [-0.39, 0.29) is 11.8 Å². The first kappa shape index (κ1) is 17.6. The van der Waals surface area contributed by atoms with Crippen LogP contribution in [0.15, 0.2) is 24.3 Å². The highest BCUT2D eigenvalue weighted by Gasteiger charge is 2.21. The minimum Gasteiger partial charge on any atom is -0.427 e. The Labute approximate surface area is 142 Å². The molecule has 0 radical (unpaired) electrons. The van der Waals surface area contributed by atoms with Gasteiger partial charge in [0, 0.05) is 26.8 Å². The zero-order valence-electron chi connectivity index (χ0n) is 13.7. The average Bonchev–Trinajstić information content (AvgIpc) is 2.78. The van der Waals surface area contributed by atoms with Gasteiger partial charge in [0.2, 0.25) is 16.9 Å². The second-order valence-corrected chi connectivity index (χ2v) is 6.08. The second kappa shape index (κ2) is 7.22. The summed E-state index contributed by atoms with van der Waals surface area (Å²) in [7, 11) is 0. The number of nitrogens with zero attached hydrogens (tertiary/aromatic N) is 2. The smallest absolute Gasteiger partial charge is 0.309 e. The maximum absolute atomic E-state index is 12.1. The number of aromatic nitrogens is 1. The number of ether oxygens (including phenoxy) is 2. The number of anilines is 2. The highest BCUT2D eigenvalue weighted by molar-refractivity contribution is 7.16. The lowest BCUT2D eigenvalue weighted by atomic mass is 10.2. The first-order valence-corrected chi connectivity index (χ1v) is 7.84. The fraction of sp³-hybridized carbons (Fsp3) is 0.250. The third-order valence-electron chi connectivity index (χ3n) is 2.83. The number of aryl methyl sites for hydroxylation is 1. The molecule has 0 fully saturated rings. The summed E-state index contributed by atoms with van der Waals surface area (Å²) in [5, 5.41) is 0.358. The van der Waals surface area contributed by atoms with Crippen LogP contribution < -0.4 is 14.4 Å². The zero-order valence-corrected chi connectivity index (χ0v) is 14.5. The molecule has 7 nitrogen and oxygen atoms in total. The highest BCUT2D eigenvalue weighted by Crippen LogP contribution is 2.36. The molecule has 1 heterocycles. The third kappa shape index (κ3) is 4.17. The fourth-order valence-corrected chi connectivity index (χ4v) is 2.88. The fourth-order valence-electron chi connectivity index (χ4n) is 1.97. The molecular formula is C16H16N2O5S. The monoisotopic (exact) mass is 348 g/mol. The highest BCUT2D eigenvalue weighted by atomic mass is 32.1. The van der Waals surface area contributed by atoms with E-state index in [1.165, 1.54) is 37.0 Å². The van der Waals surface area contributed by atoms with Gasteiger partial charge in [-0.25, -0.2) is 0 Å². The molecule has 126 valence electrons. The summed E-state index contributed by atoms with van der Waals surface area (Å²) in [6.45, 7) is 5.71. The van der Waals surface area contributed by atoms with Crippen molar-refractivity contribution in [3.63, 3.8) is 0 Å². The zero-order chi connectivity index (χ0) is 17.9. The molecule has 2 aromatic rings. The van der Waals surface area contributed by atoms with Gasteiger partial charge in [0.15, 0.2) is 0 Å². The minimum absolute atomic E-state index is 0.171. The van der Waals surface area contributed by atoms with Crippen molar-refractivity contribution < 1.29 is 23.9 Å². The van der Waals surface area contributed by atoms with Crippen molar-refractivity contribution in [3.05, 3.63) is 29.1 Å². The summed E-state index contributed by atoms with van der Waals surface area (Å²) in [6.07, 6.45) is 0. The number of benzene rings is 1. The van der Waals surface area contributed by atoms with Gasteiger partial charge in [-0.3, -0.25) is 19.3 Å². The number of amides is 1. The molecule has 0 aliphatic carbocycles.